The van der Waals surface area contributed by atoms with Crippen LogP contribution in [0.5, 0.6) is 5.75 Å². The Morgan fingerprint density at radius 1 is 1.02 bits per heavy atom. The molecule has 9 nitrogen and oxygen atoms in total. The summed E-state index contributed by atoms with van der Waals surface area (Å²) in [4.78, 5) is 32.4. The lowest BCUT2D eigenvalue weighted by molar-refractivity contribution is -0.191. The zero-order chi connectivity index (χ0) is 30.9. The van der Waals surface area contributed by atoms with Crippen molar-refractivity contribution in [1.82, 2.24) is 4.90 Å². The number of benzene rings is 3. The maximum Gasteiger partial charge on any atom is 0.373 e. The zero-order valence-electron chi connectivity index (χ0n) is 25.0. The van der Waals surface area contributed by atoms with Crippen LogP contribution in [0.2, 0.25) is 0 Å². The number of carbonyl (C=O) groups excluding carboxylic acids is 3. The zero-order valence-corrected chi connectivity index (χ0v) is 25.0. The quantitative estimate of drug-likeness (QED) is 0.310. The summed E-state index contributed by atoms with van der Waals surface area (Å²) in [5.74, 6) is 0.455. The fraction of sp³-hybridized carbons (Fsp3) is 0.314. The van der Waals surface area contributed by atoms with E-state index in [1.165, 1.54) is 5.56 Å². The fourth-order valence-corrected chi connectivity index (χ4v) is 6.21. The lowest BCUT2D eigenvalue weighted by Gasteiger charge is -2.37. The third kappa shape index (κ3) is 6.51. The molecule has 3 unspecified atom stereocenters. The number of nitrogens with one attached hydrogen (secondary N) is 2. The first-order valence-electron chi connectivity index (χ1n) is 14.8. The highest BCUT2D eigenvalue weighted by Crippen LogP contribution is 2.52. The Kier molecular flexibility index (Phi) is 10.0. The number of carbonyl (C=O) groups is 1. The van der Waals surface area contributed by atoms with Gasteiger partial charge in [0.1, 0.15) is 17.5 Å². The lowest BCUT2D eigenvalue weighted by Crippen LogP contribution is -2.40. The second-order valence-corrected chi connectivity index (χ2v) is 10.7. The van der Waals surface area contributed by atoms with E-state index in [1.807, 2.05) is 48.5 Å². The van der Waals surface area contributed by atoms with Gasteiger partial charge in [-0.3, -0.25) is 9.69 Å². The standard InChI is InChI=1S/C34H37N3O4.CO2/c1-3-27-31(33(38)36-28-11-7-8-12-29(28)39-2)30-17-18-34(27,41-30)32(35-26-9-5-4-6-10-26)25-15-13-24(14-16-25)23-37-19-21-40-22-20-37;2-1-3/h4-18,30,32,35H,3,19-23H2,1-2H3,(H,36,38);. The molecule has 1 fully saturated rings. The molecule has 1 saturated heterocycles. The molecular weight excluding hydrogens is 558 g/mol. The van der Waals surface area contributed by atoms with Crippen LogP contribution in [-0.2, 0) is 30.4 Å². The Balaban J connectivity index is 0.00000123. The van der Waals surface area contributed by atoms with E-state index in [0.717, 1.165) is 49.7 Å². The van der Waals surface area contributed by atoms with Gasteiger partial charge >= 0.3 is 6.15 Å². The number of nitrogens with zero attached hydrogens (tertiary/aromatic N) is 1. The van der Waals surface area contributed by atoms with Crippen LogP contribution in [0.15, 0.2) is 102 Å². The Hall–Kier alpha value is -4.53. The molecule has 3 aliphatic heterocycles. The molecule has 0 radical (unpaired) electrons. The summed E-state index contributed by atoms with van der Waals surface area (Å²) in [5, 5.41) is 6.83. The van der Waals surface area contributed by atoms with Crippen LogP contribution in [0, 0.1) is 0 Å². The number of ether oxygens (including phenoxy) is 3. The second-order valence-electron chi connectivity index (χ2n) is 10.7. The van der Waals surface area contributed by atoms with Crippen molar-refractivity contribution in [3.8, 4) is 5.75 Å². The van der Waals surface area contributed by atoms with Crippen LogP contribution in [0.4, 0.5) is 11.4 Å². The van der Waals surface area contributed by atoms with E-state index >= 15 is 0 Å². The van der Waals surface area contributed by atoms with E-state index in [-0.39, 0.29) is 18.1 Å². The Morgan fingerprint density at radius 2 is 1.70 bits per heavy atom. The number of hydrogen-bond acceptors (Lipinski definition) is 8. The van der Waals surface area contributed by atoms with Crippen molar-refractivity contribution in [2.75, 3.05) is 44.0 Å². The molecule has 0 saturated carbocycles. The molecule has 3 aromatic carbocycles. The highest BCUT2D eigenvalue weighted by atomic mass is 16.5. The molecule has 0 aromatic heterocycles. The fourth-order valence-electron chi connectivity index (χ4n) is 6.21. The molecule has 9 heteroatoms. The average Bonchev–Trinajstić information content (AvgIpc) is 3.63. The van der Waals surface area contributed by atoms with Crippen molar-refractivity contribution in [2.24, 2.45) is 0 Å². The molecule has 3 aromatic rings. The molecule has 44 heavy (non-hydrogen) atoms. The number of morpholine rings is 1. The molecule has 3 atom stereocenters. The monoisotopic (exact) mass is 595 g/mol. The van der Waals surface area contributed by atoms with Crippen molar-refractivity contribution < 1.29 is 28.6 Å². The number of hydrogen-bond donors (Lipinski definition) is 2. The minimum absolute atomic E-state index is 0.165. The maximum absolute atomic E-state index is 13.8. The molecule has 0 aliphatic carbocycles. The summed E-state index contributed by atoms with van der Waals surface area (Å²) in [6.45, 7) is 6.47. The van der Waals surface area contributed by atoms with Crippen LogP contribution in [0.1, 0.15) is 30.5 Å². The van der Waals surface area contributed by atoms with Crippen molar-refractivity contribution in [2.45, 2.75) is 37.6 Å². The number of fused-ring (bicyclic) bond motifs is 2. The predicted octanol–water partition coefficient (Wildman–Crippen LogP) is 5.15. The number of amides is 1. The van der Waals surface area contributed by atoms with Gasteiger partial charge in [-0.1, -0.05) is 67.6 Å². The molecule has 6 rings (SSSR count). The molecule has 2 N–H and O–H groups in total. The molecule has 228 valence electrons. The van der Waals surface area contributed by atoms with Crippen molar-refractivity contribution in [3.63, 3.8) is 0 Å². The van der Waals surface area contributed by atoms with E-state index in [1.54, 1.807) is 7.11 Å². The summed E-state index contributed by atoms with van der Waals surface area (Å²) in [6, 6.07) is 26.2. The van der Waals surface area contributed by atoms with Crippen LogP contribution < -0.4 is 15.4 Å². The van der Waals surface area contributed by atoms with Gasteiger partial charge in [-0.15, -0.1) is 0 Å². The molecule has 2 bridgehead atoms. The summed E-state index contributed by atoms with van der Waals surface area (Å²) in [6.07, 6.45) is 4.67. The lowest BCUT2D eigenvalue weighted by atomic mass is 9.77. The SMILES string of the molecule is CCC1=C(C(=O)Nc2ccccc2OC)C2C=CC1(C(Nc1ccccc1)c1ccc(CN3CCOCC3)cc1)O2.O=C=O. The van der Waals surface area contributed by atoms with Gasteiger partial charge in [0.25, 0.3) is 5.91 Å². The van der Waals surface area contributed by atoms with Crippen LogP contribution in [0.25, 0.3) is 0 Å². The first-order valence-corrected chi connectivity index (χ1v) is 14.8. The van der Waals surface area contributed by atoms with Gasteiger partial charge < -0.3 is 24.8 Å². The van der Waals surface area contributed by atoms with E-state index in [0.29, 0.717) is 23.4 Å². The first kappa shape index (κ1) is 30.9. The van der Waals surface area contributed by atoms with Crippen LogP contribution >= 0.6 is 0 Å². The molecule has 0 spiro atoms. The van der Waals surface area contributed by atoms with E-state index in [9.17, 15) is 4.79 Å². The number of methoxy groups -OCH3 is 1. The molecule has 1 amide bonds. The molecular formula is C35H37N3O6. The third-order valence-electron chi connectivity index (χ3n) is 8.21. The van der Waals surface area contributed by atoms with Gasteiger partial charge in [0.2, 0.25) is 0 Å². The maximum atomic E-state index is 13.8. The topological polar surface area (TPSA) is 106 Å². The van der Waals surface area contributed by atoms with Gasteiger partial charge in [-0.2, -0.15) is 9.59 Å². The van der Waals surface area contributed by atoms with E-state index < -0.39 is 11.7 Å². The highest BCUT2D eigenvalue weighted by Gasteiger charge is 2.54. The van der Waals surface area contributed by atoms with Gasteiger partial charge in [-0.25, -0.2) is 0 Å². The number of anilines is 2. The smallest absolute Gasteiger partial charge is 0.373 e. The van der Waals surface area contributed by atoms with Crippen molar-refractivity contribution in [3.05, 3.63) is 113 Å². The Labute approximate surface area is 257 Å². The number of rotatable bonds is 10. The normalized spacial score (nSPS) is 21.2. The minimum Gasteiger partial charge on any atom is -0.495 e. The van der Waals surface area contributed by atoms with E-state index in [2.05, 4.69) is 64.9 Å². The highest BCUT2D eigenvalue weighted by molar-refractivity contribution is 6.07. The first-order chi connectivity index (χ1) is 21.5. The van der Waals surface area contributed by atoms with Crippen molar-refractivity contribution in [1.29, 1.82) is 0 Å². The Morgan fingerprint density at radius 3 is 2.39 bits per heavy atom. The summed E-state index contributed by atoms with van der Waals surface area (Å²) in [7, 11) is 1.60. The second kappa shape index (κ2) is 14.3. The predicted molar refractivity (Wildman–Crippen MR) is 166 cm³/mol. The van der Waals surface area contributed by atoms with Crippen molar-refractivity contribution >= 4 is 23.4 Å². The van der Waals surface area contributed by atoms with E-state index in [4.69, 9.17) is 23.8 Å². The van der Waals surface area contributed by atoms with Crippen LogP contribution in [0.3, 0.4) is 0 Å². The van der Waals surface area contributed by atoms with Gasteiger partial charge in [0, 0.05) is 25.3 Å². The Bertz CT molecular complexity index is 1530. The van der Waals surface area contributed by atoms with Gasteiger partial charge in [0.05, 0.1) is 37.6 Å². The average molecular weight is 596 g/mol. The largest absolute Gasteiger partial charge is 0.495 e. The number of para-hydroxylation sites is 3. The summed E-state index contributed by atoms with van der Waals surface area (Å²) < 4.78 is 17.7. The van der Waals surface area contributed by atoms with Crippen LogP contribution in [-0.4, -0.2) is 62.1 Å². The molecule has 3 heterocycles. The van der Waals surface area contributed by atoms with Gasteiger partial charge in [-0.05, 0) is 53.5 Å². The minimum atomic E-state index is -0.797. The van der Waals surface area contributed by atoms with Gasteiger partial charge in [0.15, 0.2) is 0 Å². The summed E-state index contributed by atoms with van der Waals surface area (Å²) >= 11 is 0. The molecule has 3 aliphatic rings. The summed E-state index contributed by atoms with van der Waals surface area (Å²) in [5.41, 5.74) is 4.86. The third-order valence-corrected chi connectivity index (χ3v) is 8.21.